The Labute approximate surface area is 51.4 Å². The zero-order valence-corrected chi connectivity index (χ0v) is 4.85. The summed E-state index contributed by atoms with van der Waals surface area (Å²) in [6.07, 6.45) is 0.393. The molecular formula is C4H6ClNO2. The number of halogens is 1. The van der Waals surface area contributed by atoms with Crippen LogP contribution in [0.1, 0.15) is 6.42 Å². The number of hydrogen-bond donors (Lipinski definition) is 2. The van der Waals surface area contributed by atoms with Crippen molar-refractivity contribution in [3.63, 3.8) is 0 Å². The molecule has 1 rings (SSSR count). The lowest BCUT2D eigenvalue weighted by molar-refractivity contribution is -0.139. The topological polar surface area (TPSA) is 63.3 Å². The van der Waals surface area contributed by atoms with Crippen LogP contribution in [0.2, 0.25) is 0 Å². The van der Waals surface area contributed by atoms with Gasteiger partial charge in [-0.2, -0.15) is 0 Å². The molecule has 0 bridgehead atoms. The largest absolute Gasteiger partial charge is 0.480 e. The van der Waals surface area contributed by atoms with Crippen LogP contribution in [0, 0.1) is 0 Å². The molecule has 0 radical (unpaired) electrons. The van der Waals surface area contributed by atoms with Gasteiger partial charge in [-0.1, -0.05) is 0 Å². The summed E-state index contributed by atoms with van der Waals surface area (Å²) < 4.78 is 0. The Balaban J connectivity index is 2.60. The Morgan fingerprint density at radius 1 is 2.00 bits per heavy atom. The molecule has 1 aliphatic rings. The van der Waals surface area contributed by atoms with Gasteiger partial charge in [0.1, 0.15) is 5.54 Å². The maximum atomic E-state index is 10.1. The summed E-state index contributed by atoms with van der Waals surface area (Å²) in [5.74, 6) is -1.00. The second-order valence-corrected chi connectivity index (χ2v) is 2.54. The fourth-order valence-electron chi connectivity index (χ4n) is 0.459. The van der Waals surface area contributed by atoms with Gasteiger partial charge in [0.15, 0.2) is 0 Å². The molecule has 0 spiro atoms. The van der Waals surface area contributed by atoms with Gasteiger partial charge in [-0.05, 0) is 6.42 Å². The van der Waals surface area contributed by atoms with Crippen LogP contribution in [-0.4, -0.2) is 22.0 Å². The highest BCUT2D eigenvalue weighted by molar-refractivity contribution is 6.26. The molecule has 46 valence electrons. The van der Waals surface area contributed by atoms with Crippen molar-refractivity contribution in [1.29, 1.82) is 0 Å². The third-order valence-electron chi connectivity index (χ3n) is 1.31. The van der Waals surface area contributed by atoms with E-state index in [1.807, 2.05) is 0 Å². The monoisotopic (exact) mass is 135 g/mol. The Morgan fingerprint density at radius 2 is 2.38 bits per heavy atom. The highest BCUT2D eigenvalue weighted by atomic mass is 35.5. The molecule has 3 nitrogen and oxygen atoms in total. The van der Waals surface area contributed by atoms with Crippen molar-refractivity contribution in [1.82, 2.24) is 0 Å². The average Bonchev–Trinajstić information content (AvgIpc) is 2.17. The zero-order valence-electron chi connectivity index (χ0n) is 4.10. The van der Waals surface area contributed by atoms with Crippen LogP contribution in [0.4, 0.5) is 0 Å². The van der Waals surface area contributed by atoms with Gasteiger partial charge in [0, 0.05) is 0 Å². The van der Waals surface area contributed by atoms with Crippen molar-refractivity contribution < 1.29 is 9.90 Å². The third kappa shape index (κ3) is 0.588. The lowest BCUT2D eigenvalue weighted by Crippen LogP contribution is -2.35. The van der Waals surface area contributed by atoms with Gasteiger partial charge < -0.3 is 10.8 Å². The lowest BCUT2D eigenvalue weighted by Gasteiger charge is -1.97. The summed E-state index contributed by atoms with van der Waals surface area (Å²) in [7, 11) is 0. The summed E-state index contributed by atoms with van der Waals surface area (Å²) in [5, 5.41) is 7.91. The van der Waals surface area contributed by atoms with Crippen LogP contribution in [0.5, 0.6) is 0 Å². The summed E-state index contributed by atoms with van der Waals surface area (Å²) in [4.78, 5) is 10.1. The van der Waals surface area contributed by atoms with Gasteiger partial charge in [-0.3, -0.25) is 4.79 Å². The average molecular weight is 136 g/mol. The molecule has 3 N–H and O–H groups in total. The first-order valence-electron chi connectivity index (χ1n) is 2.24. The summed E-state index contributed by atoms with van der Waals surface area (Å²) in [5.41, 5.74) is 4.09. The molecule has 0 saturated heterocycles. The molecule has 4 heteroatoms. The van der Waals surface area contributed by atoms with Gasteiger partial charge in [-0.15, -0.1) is 11.6 Å². The van der Waals surface area contributed by atoms with Crippen molar-refractivity contribution >= 4 is 17.6 Å². The number of carboxylic acid groups (broad SMARTS) is 1. The smallest absolute Gasteiger partial charge is 0.325 e. The van der Waals surface area contributed by atoms with Gasteiger partial charge in [-0.25, -0.2) is 0 Å². The molecule has 0 amide bonds. The Morgan fingerprint density at radius 3 is 2.38 bits per heavy atom. The van der Waals surface area contributed by atoms with Gasteiger partial charge >= 0.3 is 5.97 Å². The second-order valence-electron chi connectivity index (χ2n) is 2.02. The number of carboxylic acids is 1. The number of carbonyl (C=O) groups is 1. The summed E-state index contributed by atoms with van der Waals surface area (Å²) in [6.45, 7) is 0. The Bertz CT molecular complexity index is 138. The van der Waals surface area contributed by atoms with Crippen molar-refractivity contribution in [3.05, 3.63) is 0 Å². The van der Waals surface area contributed by atoms with E-state index in [0.717, 1.165) is 0 Å². The number of aliphatic carboxylic acids is 1. The first kappa shape index (κ1) is 5.85. The Kier molecular flexibility index (Phi) is 0.994. The molecule has 8 heavy (non-hydrogen) atoms. The minimum absolute atomic E-state index is 0.361. The van der Waals surface area contributed by atoms with Crippen molar-refractivity contribution in [3.8, 4) is 0 Å². The summed E-state index contributed by atoms with van der Waals surface area (Å²) in [6, 6.07) is 0. The van der Waals surface area contributed by atoms with Crippen LogP contribution in [0.25, 0.3) is 0 Å². The van der Waals surface area contributed by atoms with E-state index in [1.54, 1.807) is 0 Å². The molecule has 0 aromatic carbocycles. The van der Waals surface area contributed by atoms with E-state index in [0.29, 0.717) is 6.42 Å². The fraction of sp³-hybridized carbons (Fsp3) is 0.750. The van der Waals surface area contributed by atoms with Crippen LogP contribution in [0.3, 0.4) is 0 Å². The van der Waals surface area contributed by atoms with E-state index < -0.39 is 11.5 Å². The van der Waals surface area contributed by atoms with E-state index in [2.05, 4.69) is 0 Å². The molecule has 1 saturated carbocycles. The predicted octanol–water partition coefficient (Wildman–Crippen LogP) is -0.220. The maximum Gasteiger partial charge on any atom is 0.325 e. The molecular weight excluding hydrogens is 130 g/mol. The van der Waals surface area contributed by atoms with Gasteiger partial charge in [0.25, 0.3) is 0 Å². The minimum atomic E-state index is -1.11. The molecule has 0 unspecified atom stereocenters. The van der Waals surface area contributed by atoms with Crippen molar-refractivity contribution in [2.24, 2.45) is 5.73 Å². The van der Waals surface area contributed by atoms with Gasteiger partial charge in [0.2, 0.25) is 0 Å². The van der Waals surface area contributed by atoms with Crippen LogP contribution in [-0.2, 0) is 4.79 Å². The number of nitrogens with two attached hydrogens (primary N) is 1. The van der Waals surface area contributed by atoms with Crippen molar-refractivity contribution in [2.45, 2.75) is 17.3 Å². The van der Waals surface area contributed by atoms with E-state index in [4.69, 9.17) is 22.4 Å². The van der Waals surface area contributed by atoms with E-state index in [9.17, 15) is 4.79 Å². The number of hydrogen-bond acceptors (Lipinski definition) is 2. The maximum absolute atomic E-state index is 10.1. The number of rotatable bonds is 1. The molecule has 0 aromatic rings. The quantitative estimate of drug-likeness (QED) is 0.489. The third-order valence-corrected chi connectivity index (χ3v) is 1.86. The lowest BCUT2D eigenvalue weighted by atomic mass is 10.3. The first-order valence-corrected chi connectivity index (χ1v) is 2.67. The molecule has 0 heterocycles. The Hall–Kier alpha value is -0.280. The van der Waals surface area contributed by atoms with Crippen LogP contribution in [0.15, 0.2) is 0 Å². The molecule has 0 aliphatic heterocycles. The summed E-state index contributed by atoms with van der Waals surface area (Å²) >= 11 is 5.38. The van der Waals surface area contributed by atoms with Crippen molar-refractivity contribution in [2.75, 3.05) is 0 Å². The molecule has 1 aliphatic carbocycles. The first-order chi connectivity index (χ1) is 3.57. The standard InChI is InChI=1S/C4H6ClNO2/c5-2-1-4(2,6)3(7)8/h2H,1,6H2,(H,7,8)/t2-,4-/m0/s1. The van der Waals surface area contributed by atoms with Crippen LogP contribution < -0.4 is 5.73 Å². The highest BCUT2D eigenvalue weighted by Crippen LogP contribution is 2.38. The van der Waals surface area contributed by atoms with E-state index in [-0.39, 0.29) is 5.38 Å². The minimum Gasteiger partial charge on any atom is -0.480 e. The van der Waals surface area contributed by atoms with E-state index in [1.165, 1.54) is 0 Å². The van der Waals surface area contributed by atoms with Crippen LogP contribution >= 0.6 is 11.6 Å². The highest BCUT2D eigenvalue weighted by Gasteiger charge is 2.56. The fourth-order valence-corrected chi connectivity index (χ4v) is 0.808. The van der Waals surface area contributed by atoms with Gasteiger partial charge in [0.05, 0.1) is 5.38 Å². The predicted molar refractivity (Wildman–Crippen MR) is 28.8 cm³/mol. The van der Waals surface area contributed by atoms with E-state index >= 15 is 0 Å². The molecule has 2 atom stereocenters. The molecule has 0 aromatic heterocycles. The normalized spacial score (nSPS) is 44.0. The zero-order chi connectivity index (χ0) is 6.36. The SMILES string of the molecule is N[C@@]1(C(=O)O)C[C@@H]1Cl. The molecule has 1 fully saturated rings. The second kappa shape index (κ2) is 1.36. The number of alkyl halides is 1.